The number of halogens is 3. The first-order valence-electron chi connectivity index (χ1n) is 13.8. The highest BCUT2D eigenvalue weighted by atomic mass is 35.5. The molecule has 0 aliphatic carbocycles. The molecule has 2 heterocycles. The number of hydrogen-bond acceptors (Lipinski definition) is 7. The van der Waals surface area contributed by atoms with E-state index in [1.165, 1.54) is 24.5 Å². The number of fused-ring (bicyclic) bond motifs is 1. The summed E-state index contributed by atoms with van der Waals surface area (Å²) in [5.41, 5.74) is 19.0. The number of imidazole rings is 1. The van der Waals surface area contributed by atoms with Gasteiger partial charge in [-0.2, -0.15) is 0 Å². The lowest BCUT2D eigenvalue weighted by atomic mass is 10.0. The fourth-order valence-corrected chi connectivity index (χ4v) is 4.64. The van der Waals surface area contributed by atoms with Crippen molar-refractivity contribution in [2.75, 3.05) is 25.0 Å². The summed E-state index contributed by atoms with van der Waals surface area (Å²) in [6.45, 7) is 2.73. The molecule has 0 fully saturated rings. The van der Waals surface area contributed by atoms with Gasteiger partial charge in [-0.3, -0.25) is 19.0 Å². The van der Waals surface area contributed by atoms with Gasteiger partial charge in [0.25, 0.3) is 5.91 Å². The Hall–Kier alpha value is -4.82. The number of nitrogens with two attached hydrogens (primary N) is 3. The number of guanidine groups is 1. The van der Waals surface area contributed by atoms with Crippen molar-refractivity contribution in [3.8, 4) is 11.3 Å². The van der Waals surface area contributed by atoms with Crippen LogP contribution >= 0.6 is 11.6 Å². The van der Waals surface area contributed by atoms with Crippen molar-refractivity contribution in [3.05, 3.63) is 76.7 Å². The molecule has 0 unspecified atom stereocenters. The molecule has 9 N–H and O–H groups in total. The first-order valence-corrected chi connectivity index (χ1v) is 14.2. The average Bonchev–Trinajstić information content (AvgIpc) is 3.44. The summed E-state index contributed by atoms with van der Waals surface area (Å²) in [4.78, 5) is 37.6. The summed E-state index contributed by atoms with van der Waals surface area (Å²) >= 11 is 5.70. The van der Waals surface area contributed by atoms with Crippen molar-refractivity contribution >= 4 is 46.5 Å². The molecule has 0 saturated carbocycles. The molecule has 1 atom stereocenters. The Morgan fingerprint density at radius 2 is 1.86 bits per heavy atom. The van der Waals surface area contributed by atoms with Crippen LogP contribution in [0.3, 0.4) is 0 Å². The van der Waals surface area contributed by atoms with E-state index >= 15 is 0 Å². The third-order valence-corrected chi connectivity index (χ3v) is 7.04. The van der Waals surface area contributed by atoms with E-state index in [-0.39, 0.29) is 41.4 Å². The van der Waals surface area contributed by atoms with Gasteiger partial charge in [-0.25, -0.2) is 18.7 Å². The summed E-state index contributed by atoms with van der Waals surface area (Å²) in [5, 5.41) is 8.39. The maximum absolute atomic E-state index is 14.6. The van der Waals surface area contributed by atoms with Crippen LogP contribution < -0.4 is 33.2 Å². The van der Waals surface area contributed by atoms with Crippen molar-refractivity contribution < 1.29 is 18.4 Å². The molecular weight excluding hydrogens is 594 g/mol. The number of amides is 2. The highest BCUT2D eigenvalue weighted by Gasteiger charge is 2.19. The van der Waals surface area contributed by atoms with Crippen LogP contribution in [0.15, 0.2) is 53.9 Å². The monoisotopic (exact) mass is 626 g/mol. The number of hydrogen-bond donors (Lipinski definition) is 6. The lowest BCUT2D eigenvalue weighted by Crippen LogP contribution is -2.43. The fraction of sp³-hybridized carbons (Fsp3) is 0.276. The van der Waals surface area contributed by atoms with Gasteiger partial charge in [0.2, 0.25) is 5.91 Å². The van der Waals surface area contributed by atoms with E-state index in [2.05, 4.69) is 30.9 Å². The number of aromatic nitrogens is 3. The molecule has 4 aromatic rings. The molecule has 15 heteroatoms. The van der Waals surface area contributed by atoms with E-state index in [0.29, 0.717) is 54.2 Å². The van der Waals surface area contributed by atoms with Gasteiger partial charge in [-0.1, -0.05) is 18.5 Å². The van der Waals surface area contributed by atoms with E-state index in [1.54, 1.807) is 22.7 Å². The van der Waals surface area contributed by atoms with Crippen LogP contribution in [0.2, 0.25) is 5.02 Å². The van der Waals surface area contributed by atoms with Gasteiger partial charge in [0.1, 0.15) is 0 Å². The quantitative estimate of drug-likeness (QED) is 0.0565. The van der Waals surface area contributed by atoms with E-state index in [4.69, 9.17) is 28.8 Å². The zero-order valence-corrected chi connectivity index (χ0v) is 24.7. The summed E-state index contributed by atoms with van der Waals surface area (Å²) in [6.07, 6.45) is 6.06. The molecule has 0 spiro atoms. The third kappa shape index (κ3) is 7.57. The van der Waals surface area contributed by atoms with Crippen molar-refractivity contribution in [1.82, 2.24) is 25.0 Å². The average molecular weight is 627 g/mol. The Kier molecular flexibility index (Phi) is 10.6. The Morgan fingerprint density at radius 3 is 2.61 bits per heavy atom. The molecule has 2 aromatic carbocycles. The molecule has 12 nitrogen and oxygen atoms in total. The van der Waals surface area contributed by atoms with E-state index in [1.807, 2.05) is 13.0 Å². The maximum atomic E-state index is 14.6. The van der Waals surface area contributed by atoms with Crippen LogP contribution in [0.5, 0.6) is 0 Å². The van der Waals surface area contributed by atoms with E-state index in [0.717, 1.165) is 5.56 Å². The van der Waals surface area contributed by atoms with Gasteiger partial charge in [-0.15, -0.1) is 0 Å². The van der Waals surface area contributed by atoms with Crippen LogP contribution in [0.1, 0.15) is 35.7 Å². The number of aryl methyl sites for hydroxylation is 1. The summed E-state index contributed by atoms with van der Waals surface area (Å²) in [5.74, 6) is -2.47. The van der Waals surface area contributed by atoms with Crippen molar-refractivity contribution in [2.24, 2.45) is 22.2 Å². The van der Waals surface area contributed by atoms with Crippen molar-refractivity contribution in [3.63, 3.8) is 0 Å². The van der Waals surface area contributed by atoms with Crippen LogP contribution in [-0.4, -0.2) is 57.8 Å². The van der Waals surface area contributed by atoms with Crippen molar-refractivity contribution in [2.45, 2.75) is 32.2 Å². The highest BCUT2D eigenvalue weighted by Crippen LogP contribution is 2.31. The Labute approximate surface area is 257 Å². The summed E-state index contributed by atoms with van der Waals surface area (Å²) in [6, 6.07) is 7.19. The minimum absolute atomic E-state index is 0.00196. The SMILES string of the molecule is CCc1cc(Nc2nccn3c(-c4ccc(Cl)c(F)c4F)cnc23)ccc1C(=O)NCCNC(=O)[C@H](N)CCCN=C(N)N. The number of rotatable bonds is 13. The molecule has 0 radical (unpaired) electrons. The highest BCUT2D eigenvalue weighted by molar-refractivity contribution is 6.30. The predicted octanol–water partition coefficient (Wildman–Crippen LogP) is 2.86. The number of benzene rings is 2. The smallest absolute Gasteiger partial charge is 0.251 e. The fourth-order valence-electron chi connectivity index (χ4n) is 4.49. The Bertz CT molecular complexity index is 1690. The molecule has 0 aliphatic rings. The standard InChI is InChI=1S/C29H33ClF2N10O2/c1-2-16-14-17(5-6-18(16)27(43)37-10-11-38-28(44)21(33)4-3-9-39-29(34)35)41-25-26-40-15-22(42(26)13-12-36-25)19-7-8-20(30)24(32)23(19)31/h5-8,12-15,21H,2-4,9-11,33H2,1H3,(H,36,41)(H,37,43)(H,38,44)(H4,34,35,39)/t21-/m1/s1. The molecule has 0 saturated heterocycles. The summed E-state index contributed by atoms with van der Waals surface area (Å²) < 4.78 is 30.3. The second kappa shape index (κ2) is 14.6. The first-order chi connectivity index (χ1) is 21.1. The van der Waals surface area contributed by atoms with E-state index in [9.17, 15) is 18.4 Å². The lowest BCUT2D eigenvalue weighted by molar-refractivity contribution is -0.122. The zero-order chi connectivity index (χ0) is 31.8. The van der Waals surface area contributed by atoms with Crippen LogP contribution in [0, 0.1) is 11.6 Å². The maximum Gasteiger partial charge on any atom is 0.251 e. The van der Waals surface area contributed by atoms with Crippen LogP contribution in [0.4, 0.5) is 20.3 Å². The van der Waals surface area contributed by atoms with Crippen LogP contribution in [0.25, 0.3) is 16.9 Å². The van der Waals surface area contributed by atoms with Gasteiger partial charge in [0, 0.05) is 48.8 Å². The minimum Gasteiger partial charge on any atom is -0.370 e. The topological polar surface area (TPSA) is 191 Å². The van der Waals surface area contributed by atoms with E-state index < -0.39 is 17.7 Å². The first kappa shape index (κ1) is 32.1. The van der Waals surface area contributed by atoms with Gasteiger partial charge >= 0.3 is 0 Å². The molecule has 44 heavy (non-hydrogen) atoms. The van der Waals surface area contributed by atoms with Crippen molar-refractivity contribution in [1.29, 1.82) is 0 Å². The van der Waals surface area contributed by atoms with Crippen LogP contribution in [-0.2, 0) is 11.2 Å². The van der Waals surface area contributed by atoms with Gasteiger partial charge in [0.05, 0.1) is 23.0 Å². The number of carbonyl (C=O) groups excluding carboxylic acids is 2. The Balaban J connectivity index is 1.38. The second-order valence-corrected chi connectivity index (χ2v) is 10.2. The molecular formula is C29H33ClF2N10O2. The lowest BCUT2D eigenvalue weighted by Gasteiger charge is -2.14. The number of aliphatic imine (C=N–C) groups is 1. The predicted molar refractivity (Wildman–Crippen MR) is 166 cm³/mol. The van der Waals surface area contributed by atoms with Gasteiger partial charge < -0.3 is 33.2 Å². The number of carbonyl (C=O) groups is 2. The zero-order valence-electron chi connectivity index (χ0n) is 23.9. The molecule has 2 aromatic heterocycles. The molecule has 0 bridgehead atoms. The number of anilines is 2. The molecule has 0 aliphatic heterocycles. The molecule has 4 rings (SSSR count). The largest absolute Gasteiger partial charge is 0.370 e. The second-order valence-electron chi connectivity index (χ2n) is 9.79. The number of nitrogens with one attached hydrogen (secondary N) is 3. The third-order valence-electron chi connectivity index (χ3n) is 6.75. The van der Waals surface area contributed by atoms with Gasteiger partial charge in [-0.05, 0) is 55.2 Å². The summed E-state index contributed by atoms with van der Waals surface area (Å²) in [7, 11) is 0. The normalized spacial score (nSPS) is 11.7. The number of nitrogens with zero attached hydrogens (tertiary/aromatic N) is 4. The molecule has 2 amide bonds. The Morgan fingerprint density at radius 1 is 1.09 bits per heavy atom. The molecule has 232 valence electrons. The minimum atomic E-state index is -1.14. The van der Waals surface area contributed by atoms with Gasteiger partial charge in [0.15, 0.2) is 29.1 Å².